The van der Waals surface area contributed by atoms with Gasteiger partial charge in [-0.3, -0.25) is 4.79 Å². The highest BCUT2D eigenvalue weighted by atomic mass is 35.5. The Balaban J connectivity index is 0.00000392. The summed E-state index contributed by atoms with van der Waals surface area (Å²) in [6.45, 7) is 0.305. The maximum Gasteiger partial charge on any atom is 0.240 e. The van der Waals surface area contributed by atoms with Crippen LogP contribution in [0.5, 0.6) is 5.75 Å². The number of nitrogens with one attached hydrogen (secondary N) is 2. The van der Waals surface area contributed by atoms with Crippen molar-refractivity contribution in [1.82, 2.24) is 4.72 Å². The molecule has 0 radical (unpaired) electrons. The Hall–Kier alpha value is -2.20. The van der Waals surface area contributed by atoms with Crippen LogP contribution in [-0.4, -0.2) is 34.5 Å². The molecule has 154 valence electrons. The molecule has 0 atom stereocenters. The Bertz CT molecular complexity index is 909. The Morgan fingerprint density at radius 3 is 2.61 bits per heavy atom. The van der Waals surface area contributed by atoms with E-state index >= 15 is 0 Å². The van der Waals surface area contributed by atoms with Gasteiger partial charge in [0, 0.05) is 25.2 Å². The molecular formula is C18H23ClFN3O4S. The van der Waals surface area contributed by atoms with E-state index in [0.717, 1.165) is 0 Å². The van der Waals surface area contributed by atoms with Crippen LogP contribution in [0.15, 0.2) is 47.4 Å². The number of amides is 1. The summed E-state index contributed by atoms with van der Waals surface area (Å²) in [6, 6.07) is 10.4. The van der Waals surface area contributed by atoms with Gasteiger partial charge in [-0.1, -0.05) is 12.1 Å². The third-order valence-corrected chi connectivity index (χ3v) is 5.18. The van der Waals surface area contributed by atoms with Crippen molar-refractivity contribution in [2.24, 2.45) is 5.73 Å². The number of methoxy groups -OCH3 is 1. The molecule has 0 aliphatic heterocycles. The van der Waals surface area contributed by atoms with Crippen LogP contribution in [0.3, 0.4) is 0 Å². The molecule has 0 fully saturated rings. The zero-order valence-electron chi connectivity index (χ0n) is 15.3. The molecule has 0 unspecified atom stereocenters. The first-order chi connectivity index (χ1) is 12.9. The number of halogens is 2. The molecular weight excluding hydrogens is 409 g/mol. The van der Waals surface area contributed by atoms with Gasteiger partial charge in [-0.05, 0) is 42.3 Å². The average Bonchev–Trinajstić information content (AvgIpc) is 2.65. The second-order valence-electron chi connectivity index (χ2n) is 5.73. The number of sulfonamides is 1. The summed E-state index contributed by atoms with van der Waals surface area (Å²) in [4.78, 5) is 12.1. The SMILES string of the molecule is COc1ccc(CCC(=O)Nc2cccc(S(=O)(=O)NCCN)c2)cc1F.Cl. The van der Waals surface area contributed by atoms with E-state index in [2.05, 4.69) is 10.0 Å². The molecule has 28 heavy (non-hydrogen) atoms. The lowest BCUT2D eigenvalue weighted by molar-refractivity contribution is -0.116. The van der Waals surface area contributed by atoms with Crippen LogP contribution < -0.4 is 20.5 Å². The van der Waals surface area contributed by atoms with Crippen molar-refractivity contribution in [2.45, 2.75) is 17.7 Å². The van der Waals surface area contributed by atoms with Crippen molar-refractivity contribution in [3.8, 4) is 5.75 Å². The van der Waals surface area contributed by atoms with Crippen molar-refractivity contribution in [3.63, 3.8) is 0 Å². The van der Waals surface area contributed by atoms with Crippen LogP contribution in [0.4, 0.5) is 10.1 Å². The first kappa shape index (κ1) is 23.8. The van der Waals surface area contributed by atoms with Crippen molar-refractivity contribution in [1.29, 1.82) is 0 Å². The van der Waals surface area contributed by atoms with E-state index in [-0.39, 0.29) is 48.5 Å². The largest absolute Gasteiger partial charge is 0.494 e. The lowest BCUT2D eigenvalue weighted by Crippen LogP contribution is -2.29. The number of carbonyl (C=O) groups excluding carboxylic acids is 1. The fourth-order valence-electron chi connectivity index (χ4n) is 2.36. The number of anilines is 1. The summed E-state index contributed by atoms with van der Waals surface area (Å²) in [6.07, 6.45) is 0.455. The summed E-state index contributed by atoms with van der Waals surface area (Å²) in [5.41, 5.74) is 6.32. The van der Waals surface area contributed by atoms with Gasteiger partial charge in [0.25, 0.3) is 0 Å². The molecule has 4 N–H and O–H groups in total. The molecule has 0 aliphatic carbocycles. The van der Waals surface area contributed by atoms with Crippen molar-refractivity contribution in [2.75, 3.05) is 25.5 Å². The van der Waals surface area contributed by atoms with Gasteiger partial charge in [0.1, 0.15) is 0 Å². The van der Waals surface area contributed by atoms with E-state index in [9.17, 15) is 17.6 Å². The van der Waals surface area contributed by atoms with Crippen LogP contribution in [0.1, 0.15) is 12.0 Å². The molecule has 0 aromatic heterocycles. The Morgan fingerprint density at radius 2 is 1.96 bits per heavy atom. The topological polar surface area (TPSA) is 111 Å². The summed E-state index contributed by atoms with van der Waals surface area (Å²) in [5, 5.41) is 2.64. The van der Waals surface area contributed by atoms with E-state index in [1.807, 2.05) is 0 Å². The second kappa shape index (κ2) is 11.0. The smallest absolute Gasteiger partial charge is 0.240 e. The quantitative estimate of drug-likeness (QED) is 0.563. The molecule has 0 spiro atoms. The zero-order valence-corrected chi connectivity index (χ0v) is 16.9. The number of nitrogens with two attached hydrogens (primary N) is 1. The van der Waals surface area contributed by atoms with Crippen LogP contribution >= 0.6 is 12.4 Å². The van der Waals surface area contributed by atoms with Crippen LogP contribution in [-0.2, 0) is 21.2 Å². The van der Waals surface area contributed by atoms with Gasteiger partial charge in [-0.15, -0.1) is 12.4 Å². The number of carbonyl (C=O) groups is 1. The molecule has 2 aromatic rings. The third kappa shape index (κ3) is 6.75. The number of aryl methyl sites for hydroxylation is 1. The van der Waals surface area contributed by atoms with Gasteiger partial charge in [0.15, 0.2) is 11.6 Å². The first-order valence-corrected chi connectivity index (χ1v) is 9.76. The van der Waals surface area contributed by atoms with Gasteiger partial charge >= 0.3 is 0 Å². The number of benzene rings is 2. The van der Waals surface area contributed by atoms with Crippen molar-refractivity contribution < 1.29 is 22.3 Å². The molecule has 10 heteroatoms. The van der Waals surface area contributed by atoms with E-state index in [1.165, 1.54) is 37.4 Å². The number of hydrogen-bond donors (Lipinski definition) is 3. The second-order valence-corrected chi connectivity index (χ2v) is 7.50. The number of ether oxygens (including phenoxy) is 1. The van der Waals surface area contributed by atoms with E-state index in [1.54, 1.807) is 12.1 Å². The minimum absolute atomic E-state index is 0. The Kier molecular flexibility index (Phi) is 9.33. The van der Waals surface area contributed by atoms with Crippen molar-refractivity contribution in [3.05, 3.63) is 53.8 Å². The predicted octanol–water partition coefficient (Wildman–Crippen LogP) is 2.06. The molecule has 2 aromatic carbocycles. The maximum atomic E-state index is 13.7. The minimum Gasteiger partial charge on any atom is -0.494 e. The monoisotopic (exact) mass is 431 g/mol. The molecule has 1 amide bonds. The number of rotatable bonds is 9. The standard InChI is InChI=1S/C18H22FN3O4S.ClH/c1-26-17-7-5-13(11-16(17)19)6-8-18(23)22-14-3-2-4-15(12-14)27(24,25)21-10-9-20;/h2-5,7,11-12,21H,6,8-10,20H2,1H3,(H,22,23);1H. The third-order valence-electron chi connectivity index (χ3n) is 3.72. The van der Waals surface area contributed by atoms with E-state index < -0.39 is 15.8 Å². The molecule has 0 bridgehead atoms. The lowest BCUT2D eigenvalue weighted by atomic mass is 10.1. The van der Waals surface area contributed by atoms with Crippen LogP contribution in [0.2, 0.25) is 0 Å². The van der Waals surface area contributed by atoms with Gasteiger partial charge in [0.05, 0.1) is 12.0 Å². The van der Waals surface area contributed by atoms with Gasteiger partial charge in [-0.25, -0.2) is 17.5 Å². The van der Waals surface area contributed by atoms with E-state index in [4.69, 9.17) is 10.5 Å². The van der Waals surface area contributed by atoms with Crippen molar-refractivity contribution >= 4 is 34.0 Å². The molecule has 0 heterocycles. The van der Waals surface area contributed by atoms with Gasteiger partial charge in [-0.2, -0.15) is 0 Å². The van der Waals surface area contributed by atoms with Gasteiger partial charge < -0.3 is 15.8 Å². The summed E-state index contributed by atoms with van der Waals surface area (Å²) in [7, 11) is -2.30. The Morgan fingerprint density at radius 1 is 1.21 bits per heavy atom. The normalized spacial score (nSPS) is 10.8. The first-order valence-electron chi connectivity index (χ1n) is 8.28. The Labute approximate surface area is 169 Å². The summed E-state index contributed by atoms with van der Waals surface area (Å²) >= 11 is 0. The summed E-state index contributed by atoms with van der Waals surface area (Å²) in [5.74, 6) is -0.654. The molecule has 0 aliphatic rings. The maximum absolute atomic E-state index is 13.7. The predicted molar refractivity (Wildman–Crippen MR) is 108 cm³/mol. The molecule has 0 saturated heterocycles. The molecule has 2 rings (SSSR count). The van der Waals surface area contributed by atoms with Crippen LogP contribution in [0.25, 0.3) is 0 Å². The minimum atomic E-state index is -3.68. The van der Waals surface area contributed by atoms with Crippen LogP contribution in [0, 0.1) is 5.82 Å². The zero-order chi connectivity index (χ0) is 19.9. The molecule has 0 saturated carbocycles. The van der Waals surface area contributed by atoms with Gasteiger partial charge in [0.2, 0.25) is 15.9 Å². The van der Waals surface area contributed by atoms with E-state index in [0.29, 0.717) is 17.7 Å². The molecule has 7 nitrogen and oxygen atoms in total. The summed E-state index contributed by atoms with van der Waals surface area (Å²) < 4.78 is 45.1. The number of hydrogen-bond acceptors (Lipinski definition) is 5. The lowest BCUT2D eigenvalue weighted by Gasteiger charge is -2.09. The fourth-order valence-corrected chi connectivity index (χ4v) is 3.46. The fraction of sp³-hybridized carbons (Fsp3) is 0.278. The highest BCUT2D eigenvalue weighted by molar-refractivity contribution is 7.89. The highest BCUT2D eigenvalue weighted by Crippen LogP contribution is 2.19. The average molecular weight is 432 g/mol. The highest BCUT2D eigenvalue weighted by Gasteiger charge is 2.14.